The summed E-state index contributed by atoms with van der Waals surface area (Å²) in [7, 11) is 0. The van der Waals surface area contributed by atoms with E-state index in [0.29, 0.717) is 11.3 Å². The summed E-state index contributed by atoms with van der Waals surface area (Å²) in [6.45, 7) is 6.78. The Balaban J connectivity index is 2.62. The number of rotatable bonds is 5. The summed E-state index contributed by atoms with van der Waals surface area (Å²) in [6, 6.07) is 4.90. The molecule has 2 rings (SSSR count). The van der Waals surface area contributed by atoms with Crippen LogP contribution in [-0.2, 0) is 6.42 Å². The summed E-state index contributed by atoms with van der Waals surface area (Å²) in [5.74, 6) is 1.25. The third-order valence-corrected chi connectivity index (χ3v) is 3.69. The van der Waals surface area contributed by atoms with Crippen LogP contribution in [0.25, 0.3) is 11.3 Å². The summed E-state index contributed by atoms with van der Waals surface area (Å²) >= 11 is 3.39. The highest BCUT2D eigenvalue weighted by atomic mass is 79.9. The minimum atomic E-state index is -0.273. The second kappa shape index (κ2) is 6.98. The molecule has 0 radical (unpaired) electrons. The van der Waals surface area contributed by atoms with Crippen LogP contribution in [0.2, 0.25) is 0 Å². The van der Waals surface area contributed by atoms with Crippen molar-refractivity contribution in [1.82, 2.24) is 9.97 Å². The van der Waals surface area contributed by atoms with Gasteiger partial charge in [-0.25, -0.2) is 14.4 Å². The van der Waals surface area contributed by atoms with Crippen molar-refractivity contribution in [3.05, 3.63) is 39.9 Å². The highest BCUT2D eigenvalue weighted by molar-refractivity contribution is 9.10. The molecule has 0 aliphatic rings. The summed E-state index contributed by atoms with van der Waals surface area (Å²) in [4.78, 5) is 9.10. The first-order valence-corrected chi connectivity index (χ1v) is 7.92. The highest BCUT2D eigenvalue weighted by Gasteiger charge is 2.15. The Bertz CT molecular complexity index is 644. The van der Waals surface area contributed by atoms with Crippen LogP contribution in [-0.4, -0.2) is 16.5 Å². The highest BCUT2D eigenvalue weighted by Crippen LogP contribution is 2.30. The van der Waals surface area contributed by atoms with Crippen molar-refractivity contribution in [3.8, 4) is 11.3 Å². The number of halogens is 2. The zero-order chi connectivity index (χ0) is 15.4. The largest absolute Gasteiger partial charge is 0.370 e. The van der Waals surface area contributed by atoms with Crippen LogP contribution in [0.15, 0.2) is 22.7 Å². The first kappa shape index (κ1) is 15.9. The fraction of sp³-hybridized carbons (Fsp3) is 0.375. The van der Waals surface area contributed by atoms with Crippen molar-refractivity contribution in [2.75, 3.05) is 11.9 Å². The van der Waals surface area contributed by atoms with E-state index in [9.17, 15) is 4.39 Å². The minimum Gasteiger partial charge on any atom is -0.370 e. The maximum absolute atomic E-state index is 14.2. The minimum absolute atomic E-state index is 0.273. The van der Waals surface area contributed by atoms with E-state index in [1.54, 1.807) is 12.1 Å². The summed E-state index contributed by atoms with van der Waals surface area (Å²) < 4.78 is 15.0. The quantitative estimate of drug-likeness (QED) is 0.845. The Morgan fingerprint density at radius 1 is 1.24 bits per heavy atom. The Kier molecular flexibility index (Phi) is 5.28. The average molecular weight is 352 g/mol. The molecule has 0 atom stereocenters. The van der Waals surface area contributed by atoms with E-state index in [4.69, 9.17) is 0 Å². The molecule has 21 heavy (non-hydrogen) atoms. The lowest BCUT2D eigenvalue weighted by atomic mass is 10.1. The van der Waals surface area contributed by atoms with Gasteiger partial charge in [0.1, 0.15) is 17.5 Å². The van der Waals surface area contributed by atoms with Crippen LogP contribution in [0.1, 0.15) is 31.7 Å². The molecule has 0 fully saturated rings. The van der Waals surface area contributed by atoms with E-state index in [1.807, 2.05) is 13.8 Å². The predicted octanol–water partition coefficient (Wildman–Crippen LogP) is 4.74. The number of benzene rings is 1. The van der Waals surface area contributed by atoms with Gasteiger partial charge >= 0.3 is 0 Å². The molecular formula is C16H19BrFN3. The van der Waals surface area contributed by atoms with Crippen LogP contribution < -0.4 is 5.32 Å². The van der Waals surface area contributed by atoms with E-state index in [1.165, 1.54) is 6.07 Å². The smallest absolute Gasteiger partial charge is 0.133 e. The van der Waals surface area contributed by atoms with Gasteiger partial charge in [0.2, 0.25) is 0 Å². The molecule has 0 bridgehead atoms. The van der Waals surface area contributed by atoms with E-state index in [-0.39, 0.29) is 5.82 Å². The first-order valence-electron chi connectivity index (χ1n) is 7.13. The summed E-state index contributed by atoms with van der Waals surface area (Å²) in [5, 5.41) is 3.23. The molecule has 112 valence electrons. The molecule has 1 N–H and O–H groups in total. The van der Waals surface area contributed by atoms with E-state index in [0.717, 1.165) is 41.1 Å². The standard InChI is InChI=1S/C16H19BrFN3/c1-4-6-14-20-15(10(3)16(21-14)19-5-2)12-9-11(17)7-8-13(12)18/h7-9H,4-6H2,1-3H3,(H,19,20,21). The third kappa shape index (κ3) is 3.59. The average Bonchev–Trinajstić information content (AvgIpc) is 2.45. The van der Waals surface area contributed by atoms with Crippen molar-refractivity contribution in [2.24, 2.45) is 0 Å². The fourth-order valence-corrected chi connectivity index (χ4v) is 2.54. The molecule has 0 saturated carbocycles. The normalized spacial score (nSPS) is 10.7. The van der Waals surface area contributed by atoms with Crippen molar-refractivity contribution in [1.29, 1.82) is 0 Å². The van der Waals surface area contributed by atoms with Gasteiger partial charge in [0.05, 0.1) is 5.69 Å². The molecule has 1 aromatic heterocycles. The van der Waals surface area contributed by atoms with Crippen LogP contribution in [0.3, 0.4) is 0 Å². The number of aryl methyl sites for hydroxylation is 1. The van der Waals surface area contributed by atoms with Gasteiger partial charge in [-0.15, -0.1) is 0 Å². The van der Waals surface area contributed by atoms with Gasteiger partial charge in [-0.2, -0.15) is 0 Å². The molecule has 2 aromatic rings. The topological polar surface area (TPSA) is 37.8 Å². The van der Waals surface area contributed by atoms with Crippen LogP contribution in [0.4, 0.5) is 10.2 Å². The lowest BCUT2D eigenvalue weighted by Gasteiger charge is -2.14. The number of aromatic nitrogens is 2. The maximum atomic E-state index is 14.2. The molecule has 0 aliphatic heterocycles. The summed E-state index contributed by atoms with van der Waals surface area (Å²) in [6.07, 6.45) is 1.73. The molecule has 3 nitrogen and oxygen atoms in total. The van der Waals surface area contributed by atoms with E-state index in [2.05, 4.69) is 38.1 Å². The molecule has 0 amide bonds. The fourth-order valence-electron chi connectivity index (χ4n) is 2.18. The molecule has 0 saturated heterocycles. The summed E-state index contributed by atoms with van der Waals surface area (Å²) in [5.41, 5.74) is 2.03. The van der Waals surface area contributed by atoms with Gasteiger partial charge in [0.25, 0.3) is 0 Å². The van der Waals surface area contributed by atoms with Gasteiger partial charge in [0, 0.05) is 28.6 Å². The Labute approximate surface area is 133 Å². The number of anilines is 1. The monoisotopic (exact) mass is 351 g/mol. The van der Waals surface area contributed by atoms with Gasteiger partial charge in [-0.1, -0.05) is 22.9 Å². The number of hydrogen-bond donors (Lipinski definition) is 1. The zero-order valence-corrected chi connectivity index (χ0v) is 14.1. The molecule has 0 spiro atoms. The predicted molar refractivity (Wildman–Crippen MR) is 88.0 cm³/mol. The molecule has 5 heteroatoms. The maximum Gasteiger partial charge on any atom is 0.133 e. The van der Waals surface area contributed by atoms with Crippen LogP contribution >= 0.6 is 15.9 Å². The number of nitrogens with one attached hydrogen (secondary N) is 1. The molecule has 0 aliphatic carbocycles. The molecule has 1 heterocycles. The van der Waals surface area contributed by atoms with Gasteiger partial charge in [-0.3, -0.25) is 0 Å². The van der Waals surface area contributed by atoms with Crippen LogP contribution in [0.5, 0.6) is 0 Å². The van der Waals surface area contributed by atoms with Crippen molar-refractivity contribution < 1.29 is 4.39 Å². The van der Waals surface area contributed by atoms with E-state index < -0.39 is 0 Å². The second-order valence-electron chi connectivity index (χ2n) is 4.87. The molecule has 1 aromatic carbocycles. The Hall–Kier alpha value is -1.49. The first-order chi connectivity index (χ1) is 10.1. The lowest BCUT2D eigenvalue weighted by molar-refractivity contribution is 0.630. The van der Waals surface area contributed by atoms with Crippen molar-refractivity contribution in [2.45, 2.75) is 33.6 Å². The Morgan fingerprint density at radius 3 is 2.67 bits per heavy atom. The molecule has 0 unspecified atom stereocenters. The van der Waals surface area contributed by atoms with Crippen LogP contribution in [0, 0.1) is 12.7 Å². The lowest BCUT2D eigenvalue weighted by Crippen LogP contribution is -2.08. The van der Waals surface area contributed by atoms with Crippen molar-refractivity contribution in [3.63, 3.8) is 0 Å². The molecular weight excluding hydrogens is 333 g/mol. The number of nitrogens with zero attached hydrogens (tertiary/aromatic N) is 2. The zero-order valence-electron chi connectivity index (χ0n) is 12.5. The van der Waals surface area contributed by atoms with Gasteiger partial charge in [0.15, 0.2) is 0 Å². The van der Waals surface area contributed by atoms with E-state index >= 15 is 0 Å². The SMILES string of the molecule is CCCc1nc(NCC)c(C)c(-c2cc(Br)ccc2F)n1. The third-order valence-electron chi connectivity index (χ3n) is 3.19. The van der Waals surface area contributed by atoms with Gasteiger partial charge < -0.3 is 5.32 Å². The number of hydrogen-bond acceptors (Lipinski definition) is 3. The van der Waals surface area contributed by atoms with Crippen molar-refractivity contribution >= 4 is 21.7 Å². The van der Waals surface area contributed by atoms with Gasteiger partial charge in [-0.05, 0) is 38.5 Å². The second-order valence-corrected chi connectivity index (χ2v) is 5.78. The Morgan fingerprint density at radius 2 is 2.00 bits per heavy atom.